The maximum atomic E-state index is 11.6. The van der Waals surface area contributed by atoms with Gasteiger partial charge in [0.2, 0.25) is 5.91 Å². The molecule has 6 atom stereocenters. The zero-order valence-corrected chi connectivity index (χ0v) is 11.5. The van der Waals surface area contributed by atoms with E-state index in [0.29, 0.717) is 6.42 Å². The van der Waals surface area contributed by atoms with Gasteiger partial charge in [0.15, 0.2) is 6.29 Å². The number of hydrogen-bond acceptors (Lipinski definition) is 7. The van der Waals surface area contributed by atoms with Gasteiger partial charge in [-0.25, -0.2) is 0 Å². The minimum absolute atomic E-state index is 0.0626. The number of aliphatic hydroxyl groups is 4. The zero-order chi connectivity index (χ0) is 14.6. The highest BCUT2D eigenvalue weighted by molar-refractivity contribution is 7.80. The SMILES string of the molecule is CC(S)CCC(=O)NC1C(O)OC(CO)C(O)C1O. The fraction of sp³-hybridized carbons (Fsp3) is 0.909. The van der Waals surface area contributed by atoms with Crippen molar-refractivity contribution >= 4 is 18.5 Å². The summed E-state index contributed by atoms with van der Waals surface area (Å²) in [4.78, 5) is 11.6. The van der Waals surface area contributed by atoms with Crippen LogP contribution in [0.25, 0.3) is 0 Å². The molecular formula is C11H21NO6S. The first-order valence-electron chi connectivity index (χ1n) is 6.14. The second kappa shape index (κ2) is 7.41. The molecule has 5 N–H and O–H groups in total. The summed E-state index contributed by atoms with van der Waals surface area (Å²) in [6.45, 7) is 1.31. The molecule has 0 bridgehead atoms. The van der Waals surface area contributed by atoms with Crippen molar-refractivity contribution in [1.82, 2.24) is 5.32 Å². The number of thiol groups is 1. The highest BCUT2D eigenvalue weighted by atomic mass is 32.1. The Hall–Kier alpha value is -0.380. The van der Waals surface area contributed by atoms with E-state index in [1.807, 2.05) is 6.92 Å². The van der Waals surface area contributed by atoms with E-state index < -0.39 is 37.3 Å². The molecule has 1 heterocycles. The standard InChI is InChI=1S/C11H21NO6S/c1-5(19)2-3-7(14)12-8-10(16)9(15)6(4-13)18-11(8)17/h5-6,8-11,13,15-17,19H,2-4H2,1H3,(H,12,14). The van der Waals surface area contributed by atoms with Crippen LogP contribution in [-0.4, -0.2) is 68.8 Å². The van der Waals surface area contributed by atoms with E-state index in [4.69, 9.17) is 9.84 Å². The average molecular weight is 295 g/mol. The Morgan fingerprint density at radius 3 is 2.53 bits per heavy atom. The second-order valence-corrected chi connectivity index (χ2v) is 5.59. The molecule has 8 heteroatoms. The molecule has 19 heavy (non-hydrogen) atoms. The minimum atomic E-state index is -1.48. The van der Waals surface area contributed by atoms with Gasteiger partial charge in [0, 0.05) is 6.42 Å². The molecule has 0 aromatic heterocycles. The maximum Gasteiger partial charge on any atom is 0.220 e. The van der Waals surface area contributed by atoms with Crippen LogP contribution in [0.4, 0.5) is 0 Å². The molecule has 0 spiro atoms. The Bertz CT molecular complexity index is 303. The maximum absolute atomic E-state index is 11.6. The van der Waals surface area contributed by atoms with Gasteiger partial charge in [0.05, 0.1) is 6.61 Å². The summed E-state index contributed by atoms with van der Waals surface area (Å²) in [5.41, 5.74) is 0. The molecule has 0 aromatic rings. The summed E-state index contributed by atoms with van der Waals surface area (Å²) in [6, 6.07) is -1.12. The minimum Gasteiger partial charge on any atom is -0.394 e. The van der Waals surface area contributed by atoms with Gasteiger partial charge in [0.1, 0.15) is 24.4 Å². The van der Waals surface area contributed by atoms with Crippen LogP contribution in [0.1, 0.15) is 19.8 Å². The molecule has 0 radical (unpaired) electrons. The van der Waals surface area contributed by atoms with E-state index in [9.17, 15) is 20.1 Å². The van der Waals surface area contributed by atoms with E-state index in [1.165, 1.54) is 0 Å². The summed E-state index contributed by atoms with van der Waals surface area (Å²) in [5, 5.41) is 40.5. The van der Waals surface area contributed by atoms with Crippen LogP contribution < -0.4 is 5.32 Å². The van der Waals surface area contributed by atoms with Crippen LogP contribution in [0.5, 0.6) is 0 Å². The largest absolute Gasteiger partial charge is 0.394 e. The smallest absolute Gasteiger partial charge is 0.220 e. The van der Waals surface area contributed by atoms with Gasteiger partial charge in [0.25, 0.3) is 0 Å². The third-order valence-electron chi connectivity index (χ3n) is 3.02. The lowest BCUT2D eigenvalue weighted by Gasteiger charge is -2.40. The third kappa shape index (κ3) is 4.59. The van der Waals surface area contributed by atoms with Crippen LogP contribution in [0, 0.1) is 0 Å². The number of aliphatic hydroxyl groups excluding tert-OH is 4. The summed E-state index contributed by atoms with van der Waals surface area (Å²) < 4.78 is 4.92. The molecule has 1 fully saturated rings. The molecule has 1 amide bonds. The average Bonchev–Trinajstić information content (AvgIpc) is 2.36. The fourth-order valence-electron chi connectivity index (χ4n) is 1.85. The predicted molar refractivity (Wildman–Crippen MR) is 69.6 cm³/mol. The van der Waals surface area contributed by atoms with Gasteiger partial charge < -0.3 is 30.5 Å². The van der Waals surface area contributed by atoms with Crippen molar-refractivity contribution in [2.24, 2.45) is 0 Å². The number of rotatable bonds is 5. The van der Waals surface area contributed by atoms with Gasteiger partial charge in [-0.1, -0.05) is 6.92 Å². The highest BCUT2D eigenvalue weighted by Crippen LogP contribution is 2.20. The first-order valence-corrected chi connectivity index (χ1v) is 6.66. The Kier molecular flexibility index (Phi) is 6.51. The van der Waals surface area contributed by atoms with Crippen LogP contribution in [0.3, 0.4) is 0 Å². The molecule has 112 valence electrons. The van der Waals surface area contributed by atoms with E-state index in [0.717, 1.165) is 0 Å². The molecule has 6 unspecified atom stereocenters. The molecule has 1 saturated heterocycles. The second-order valence-electron chi connectivity index (χ2n) is 4.71. The van der Waals surface area contributed by atoms with Crippen molar-refractivity contribution in [1.29, 1.82) is 0 Å². The molecular weight excluding hydrogens is 274 g/mol. The van der Waals surface area contributed by atoms with Crippen LogP contribution in [-0.2, 0) is 9.53 Å². The Morgan fingerprint density at radius 1 is 1.37 bits per heavy atom. The number of amides is 1. The third-order valence-corrected chi connectivity index (χ3v) is 3.28. The lowest BCUT2D eigenvalue weighted by molar-refractivity contribution is -0.253. The lowest BCUT2D eigenvalue weighted by Crippen LogP contribution is -2.64. The van der Waals surface area contributed by atoms with Crippen molar-refractivity contribution in [3.8, 4) is 0 Å². The summed E-state index contributed by atoms with van der Waals surface area (Å²) in [5.74, 6) is -0.373. The van der Waals surface area contributed by atoms with E-state index in [2.05, 4.69) is 17.9 Å². The molecule has 0 aliphatic carbocycles. The van der Waals surface area contributed by atoms with Gasteiger partial charge in [-0.15, -0.1) is 0 Å². The van der Waals surface area contributed by atoms with Gasteiger partial charge >= 0.3 is 0 Å². The predicted octanol–water partition coefficient (Wildman–Crippen LogP) is -2.00. The van der Waals surface area contributed by atoms with Crippen LogP contribution in [0.15, 0.2) is 0 Å². The normalized spacial score (nSPS) is 36.8. The van der Waals surface area contributed by atoms with E-state index in [-0.39, 0.29) is 17.6 Å². The summed E-state index contributed by atoms with van der Waals surface area (Å²) in [6.07, 6.45) is -4.58. The van der Waals surface area contributed by atoms with E-state index in [1.54, 1.807) is 0 Å². The molecule has 0 aromatic carbocycles. The summed E-state index contributed by atoms with van der Waals surface area (Å²) >= 11 is 4.14. The van der Waals surface area contributed by atoms with E-state index >= 15 is 0 Å². The van der Waals surface area contributed by atoms with Crippen molar-refractivity contribution < 1.29 is 30.0 Å². The topological polar surface area (TPSA) is 119 Å². The number of carbonyl (C=O) groups is 1. The van der Waals surface area contributed by atoms with Crippen LogP contribution >= 0.6 is 12.6 Å². The number of hydrogen-bond donors (Lipinski definition) is 6. The number of nitrogens with one attached hydrogen (secondary N) is 1. The Balaban J connectivity index is 2.55. The molecule has 1 aliphatic rings. The van der Waals surface area contributed by atoms with Crippen molar-refractivity contribution in [2.45, 2.75) is 55.7 Å². The van der Waals surface area contributed by atoms with Gasteiger partial charge in [-0.3, -0.25) is 4.79 Å². The van der Waals surface area contributed by atoms with Gasteiger partial charge in [-0.05, 0) is 11.7 Å². The number of ether oxygens (including phenoxy) is 1. The van der Waals surface area contributed by atoms with Crippen LogP contribution in [0.2, 0.25) is 0 Å². The molecule has 1 aliphatic heterocycles. The first-order chi connectivity index (χ1) is 8.86. The molecule has 1 rings (SSSR count). The Labute approximate surface area is 117 Å². The molecule has 7 nitrogen and oxygen atoms in total. The lowest BCUT2D eigenvalue weighted by atomic mass is 9.97. The first kappa shape index (κ1) is 16.7. The molecule has 0 saturated carbocycles. The summed E-state index contributed by atoms with van der Waals surface area (Å²) in [7, 11) is 0. The van der Waals surface area contributed by atoms with Gasteiger partial charge in [-0.2, -0.15) is 12.6 Å². The van der Waals surface area contributed by atoms with Crippen molar-refractivity contribution in [2.75, 3.05) is 6.61 Å². The fourth-order valence-corrected chi connectivity index (χ4v) is 1.98. The van der Waals surface area contributed by atoms with Crippen molar-refractivity contribution in [3.63, 3.8) is 0 Å². The number of carbonyl (C=O) groups excluding carboxylic acids is 1. The Morgan fingerprint density at radius 2 is 2.00 bits per heavy atom. The zero-order valence-electron chi connectivity index (χ0n) is 10.6. The van der Waals surface area contributed by atoms with Crippen molar-refractivity contribution in [3.05, 3.63) is 0 Å². The highest BCUT2D eigenvalue weighted by Gasteiger charge is 2.44. The quantitative estimate of drug-likeness (QED) is 0.327. The monoisotopic (exact) mass is 295 g/mol.